The number of nitrogens with one attached hydrogen (secondary N) is 1. The summed E-state index contributed by atoms with van der Waals surface area (Å²) in [6.45, 7) is 0. The standard InChI is InChI=1S/C24H14F9N/c25-22(26,27)17-3-1-2-14(9-17)15-4-5-21-20(10-15)16(12-34-21)6-13-7-18(23(28,29)30)11-19(8-13)24(31,32)33/h1-5,7-12,34H,6H2. The van der Waals surface area contributed by atoms with Crippen molar-refractivity contribution in [2.75, 3.05) is 0 Å². The van der Waals surface area contributed by atoms with Gasteiger partial charge in [0.1, 0.15) is 0 Å². The predicted molar refractivity (Wildman–Crippen MR) is 108 cm³/mol. The Bertz CT molecular complexity index is 1310. The van der Waals surface area contributed by atoms with Crippen LogP contribution in [0.2, 0.25) is 0 Å². The number of hydrogen-bond acceptors (Lipinski definition) is 0. The van der Waals surface area contributed by atoms with Crippen LogP contribution in [-0.4, -0.2) is 4.98 Å². The Morgan fingerprint density at radius 1 is 0.588 bits per heavy atom. The summed E-state index contributed by atoms with van der Waals surface area (Å²) in [6.07, 6.45) is -13.3. The second-order valence-corrected chi connectivity index (χ2v) is 7.74. The van der Waals surface area contributed by atoms with Crippen LogP contribution >= 0.6 is 0 Å². The third-order valence-corrected chi connectivity index (χ3v) is 5.33. The summed E-state index contributed by atoms with van der Waals surface area (Å²) in [4.78, 5) is 2.89. The first-order chi connectivity index (χ1) is 15.7. The minimum atomic E-state index is -4.97. The van der Waals surface area contributed by atoms with Gasteiger partial charge >= 0.3 is 18.5 Å². The van der Waals surface area contributed by atoms with Crippen LogP contribution in [0.4, 0.5) is 39.5 Å². The second-order valence-electron chi connectivity index (χ2n) is 7.74. The molecule has 0 fully saturated rings. The highest BCUT2D eigenvalue weighted by atomic mass is 19.4. The number of benzene rings is 3. The van der Waals surface area contributed by atoms with Gasteiger partial charge in [-0.3, -0.25) is 0 Å². The number of hydrogen-bond donors (Lipinski definition) is 1. The lowest BCUT2D eigenvalue weighted by atomic mass is 9.97. The predicted octanol–water partition coefficient (Wildman–Crippen LogP) is 8.48. The van der Waals surface area contributed by atoms with Gasteiger partial charge in [-0.05, 0) is 71.1 Å². The number of halogens is 9. The summed E-state index contributed by atoms with van der Waals surface area (Å²) < 4.78 is 118. The molecule has 1 nitrogen and oxygen atoms in total. The Hall–Kier alpha value is -3.43. The molecule has 0 unspecified atom stereocenters. The van der Waals surface area contributed by atoms with Crippen molar-refractivity contribution in [1.82, 2.24) is 4.98 Å². The summed E-state index contributed by atoms with van der Waals surface area (Å²) in [6, 6.07) is 10.7. The van der Waals surface area contributed by atoms with E-state index in [0.29, 0.717) is 34.2 Å². The van der Waals surface area contributed by atoms with Crippen molar-refractivity contribution in [2.45, 2.75) is 24.9 Å². The maximum atomic E-state index is 13.2. The molecule has 3 aromatic carbocycles. The molecule has 0 atom stereocenters. The molecule has 1 N–H and O–H groups in total. The van der Waals surface area contributed by atoms with Crippen LogP contribution in [0.5, 0.6) is 0 Å². The van der Waals surface area contributed by atoms with Crippen molar-refractivity contribution < 1.29 is 39.5 Å². The van der Waals surface area contributed by atoms with Gasteiger partial charge in [-0.25, -0.2) is 0 Å². The number of H-pyrrole nitrogens is 1. The average molecular weight is 487 g/mol. The molecule has 178 valence electrons. The van der Waals surface area contributed by atoms with E-state index in [1.807, 2.05) is 0 Å². The molecule has 1 heterocycles. The third kappa shape index (κ3) is 4.90. The van der Waals surface area contributed by atoms with Gasteiger partial charge in [0, 0.05) is 17.1 Å². The Balaban J connectivity index is 1.76. The van der Waals surface area contributed by atoms with Crippen molar-refractivity contribution in [3.05, 3.63) is 94.7 Å². The first-order valence-electron chi connectivity index (χ1n) is 9.78. The van der Waals surface area contributed by atoms with E-state index in [2.05, 4.69) is 4.98 Å². The minimum absolute atomic E-state index is 0.0600. The average Bonchev–Trinajstić information content (AvgIpc) is 3.14. The fourth-order valence-corrected chi connectivity index (χ4v) is 3.72. The van der Waals surface area contributed by atoms with Crippen molar-refractivity contribution in [1.29, 1.82) is 0 Å². The summed E-state index contributed by atoms with van der Waals surface area (Å²) in [5.74, 6) is 0. The monoisotopic (exact) mass is 487 g/mol. The molecule has 0 spiro atoms. The van der Waals surface area contributed by atoms with Crippen LogP contribution in [0.1, 0.15) is 27.8 Å². The number of rotatable bonds is 3. The minimum Gasteiger partial charge on any atom is -0.361 e. The Morgan fingerprint density at radius 2 is 1.18 bits per heavy atom. The second kappa shape index (κ2) is 8.11. The van der Waals surface area contributed by atoms with Crippen LogP contribution in [0, 0.1) is 0 Å². The Kier molecular flexibility index (Phi) is 5.65. The zero-order valence-electron chi connectivity index (χ0n) is 17.0. The molecule has 0 aliphatic rings. The third-order valence-electron chi connectivity index (χ3n) is 5.33. The zero-order valence-corrected chi connectivity index (χ0v) is 17.0. The van der Waals surface area contributed by atoms with Gasteiger partial charge in [0.2, 0.25) is 0 Å². The topological polar surface area (TPSA) is 15.8 Å². The first-order valence-corrected chi connectivity index (χ1v) is 9.78. The van der Waals surface area contributed by atoms with Gasteiger partial charge in [-0.2, -0.15) is 39.5 Å². The highest BCUT2D eigenvalue weighted by Gasteiger charge is 2.37. The lowest BCUT2D eigenvalue weighted by Gasteiger charge is -2.14. The highest BCUT2D eigenvalue weighted by Crippen LogP contribution is 2.38. The maximum Gasteiger partial charge on any atom is 0.416 e. The largest absolute Gasteiger partial charge is 0.416 e. The fourth-order valence-electron chi connectivity index (χ4n) is 3.72. The van der Waals surface area contributed by atoms with Crippen molar-refractivity contribution in [2.24, 2.45) is 0 Å². The Morgan fingerprint density at radius 3 is 1.76 bits per heavy atom. The van der Waals surface area contributed by atoms with Gasteiger partial charge in [0.15, 0.2) is 0 Å². The molecule has 0 aliphatic carbocycles. The number of fused-ring (bicyclic) bond motifs is 1. The summed E-state index contributed by atoms with van der Waals surface area (Å²) >= 11 is 0. The van der Waals surface area contributed by atoms with E-state index < -0.39 is 35.2 Å². The SMILES string of the molecule is FC(F)(F)c1cccc(-c2ccc3[nH]cc(Cc4cc(C(F)(F)F)cc(C(F)(F)F)c4)c3c2)c1. The summed E-state index contributed by atoms with van der Waals surface area (Å²) in [5, 5.41) is 0.473. The quantitative estimate of drug-likeness (QED) is 0.279. The number of alkyl halides is 9. The van der Waals surface area contributed by atoms with Crippen LogP contribution in [-0.2, 0) is 24.9 Å². The molecular weight excluding hydrogens is 473 g/mol. The molecule has 0 saturated carbocycles. The molecule has 0 amide bonds. The summed E-state index contributed by atoms with van der Waals surface area (Å²) in [7, 11) is 0. The van der Waals surface area contributed by atoms with E-state index in [9.17, 15) is 39.5 Å². The molecule has 10 heteroatoms. The molecule has 0 aliphatic heterocycles. The fraction of sp³-hybridized carbons (Fsp3) is 0.167. The first kappa shape index (κ1) is 23.7. The van der Waals surface area contributed by atoms with Crippen LogP contribution in [0.15, 0.2) is 66.9 Å². The molecule has 4 aromatic rings. The van der Waals surface area contributed by atoms with Crippen LogP contribution in [0.25, 0.3) is 22.0 Å². The van der Waals surface area contributed by atoms with E-state index in [1.54, 1.807) is 18.2 Å². The summed E-state index contributed by atoms with van der Waals surface area (Å²) in [5.41, 5.74) is -2.26. The zero-order chi connectivity index (χ0) is 24.9. The van der Waals surface area contributed by atoms with Gasteiger partial charge in [-0.1, -0.05) is 18.2 Å². The molecule has 34 heavy (non-hydrogen) atoms. The van der Waals surface area contributed by atoms with Crippen LogP contribution in [0.3, 0.4) is 0 Å². The van der Waals surface area contributed by atoms with Gasteiger partial charge in [-0.15, -0.1) is 0 Å². The lowest BCUT2D eigenvalue weighted by molar-refractivity contribution is -0.143. The van der Waals surface area contributed by atoms with E-state index in [4.69, 9.17) is 0 Å². The number of aromatic nitrogens is 1. The number of aromatic amines is 1. The van der Waals surface area contributed by atoms with Gasteiger partial charge < -0.3 is 4.98 Å². The molecule has 1 aromatic heterocycles. The van der Waals surface area contributed by atoms with Crippen LogP contribution < -0.4 is 0 Å². The van der Waals surface area contributed by atoms with E-state index in [-0.39, 0.29) is 23.6 Å². The van der Waals surface area contributed by atoms with Gasteiger partial charge in [0.25, 0.3) is 0 Å². The van der Waals surface area contributed by atoms with Gasteiger partial charge in [0.05, 0.1) is 16.7 Å². The normalized spacial score (nSPS) is 13.0. The molecular formula is C24H14F9N. The maximum absolute atomic E-state index is 13.2. The van der Waals surface area contributed by atoms with Crippen molar-refractivity contribution >= 4 is 10.9 Å². The molecule has 0 bridgehead atoms. The molecule has 0 saturated heterocycles. The highest BCUT2D eigenvalue weighted by molar-refractivity contribution is 5.88. The van der Waals surface area contributed by atoms with E-state index in [1.165, 1.54) is 18.3 Å². The van der Waals surface area contributed by atoms with Crippen molar-refractivity contribution in [3.8, 4) is 11.1 Å². The lowest BCUT2D eigenvalue weighted by Crippen LogP contribution is -2.12. The molecule has 0 radical (unpaired) electrons. The smallest absolute Gasteiger partial charge is 0.361 e. The van der Waals surface area contributed by atoms with Crippen molar-refractivity contribution in [3.63, 3.8) is 0 Å². The Labute approximate surface area is 186 Å². The molecule has 4 rings (SSSR count). The van der Waals surface area contributed by atoms with E-state index in [0.717, 1.165) is 12.1 Å². The van der Waals surface area contributed by atoms with E-state index >= 15 is 0 Å².